The van der Waals surface area contributed by atoms with Crippen LogP contribution in [0.4, 0.5) is 0 Å². The fourth-order valence-electron chi connectivity index (χ4n) is 2.32. The van der Waals surface area contributed by atoms with Crippen molar-refractivity contribution in [1.29, 1.82) is 0 Å². The van der Waals surface area contributed by atoms with E-state index in [1.807, 2.05) is 12.1 Å². The van der Waals surface area contributed by atoms with Gasteiger partial charge in [-0.25, -0.2) is 0 Å². The molecule has 0 saturated carbocycles. The van der Waals surface area contributed by atoms with Gasteiger partial charge in [0.2, 0.25) is 5.91 Å². The molecule has 0 spiro atoms. The van der Waals surface area contributed by atoms with Crippen molar-refractivity contribution in [3.8, 4) is 0 Å². The molecular weight excluding hydrogens is 308 g/mol. The fraction of sp³-hybridized carbons (Fsp3) is 0.429. The van der Waals surface area contributed by atoms with E-state index in [-0.39, 0.29) is 11.8 Å². The first-order valence-electron chi connectivity index (χ1n) is 6.17. The number of benzene rings is 1. The molecule has 1 aliphatic rings. The lowest BCUT2D eigenvalue weighted by Crippen LogP contribution is -2.63. The van der Waals surface area contributed by atoms with Crippen LogP contribution in [0.1, 0.15) is 24.2 Å². The van der Waals surface area contributed by atoms with E-state index in [1.54, 1.807) is 42.8 Å². The summed E-state index contributed by atoms with van der Waals surface area (Å²) in [6.07, 6.45) is 0. The van der Waals surface area contributed by atoms with E-state index >= 15 is 0 Å². The summed E-state index contributed by atoms with van der Waals surface area (Å²) in [5.74, 6) is -0.122. The van der Waals surface area contributed by atoms with Gasteiger partial charge in [-0.3, -0.25) is 9.59 Å². The third-order valence-electron chi connectivity index (χ3n) is 3.54. The Balaban J connectivity index is 2.28. The van der Waals surface area contributed by atoms with Crippen molar-refractivity contribution >= 4 is 27.7 Å². The lowest BCUT2D eigenvalue weighted by Gasteiger charge is -2.44. The summed E-state index contributed by atoms with van der Waals surface area (Å²) in [6, 6.07) is 7.20. The molecule has 1 fully saturated rings. The highest BCUT2D eigenvalue weighted by Gasteiger charge is 2.43. The molecule has 0 radical (unpaired) electrons. The molecule has 1 saturated heterocycles. The molecule has 19 heavy (non-hydrogen) atoms. The predicted octanol–water partition coefficient (Wildman–Crippen LogP) is 2.14. The number of piperazine rings is 1. The van der Waals surface area contributed by atoms with Gasteiger partial charge in [-0.15, -0.1) is 0 Å². The van der Waals surface area contributed by atoms with Crippen molar-refractivity contribution in [1.82, 2.24) is 9.80 Å². The lowest BCUT2D eigenvalue weighted by atomic mass is 9.96. The van der Waals surface area contributed by atoms with E-state index in [0.717, 1.165) is 4.47 Å². The van der Waals surface area contributed by atoms with Gasteiger partial charge in [0.25, 0.3) is 5.91 Å². The van der Waals surface area contributed by atoms with Gasteiger partial charge >= 0.3 is 0 Å². The van der Waals surface area contributed by atoms with Gasteiger partial charge in [-0.1, -0.05) is 15.9 Å². The second-order valence-corrected chi connectivity index (χ2v) is 6.17. The summed E-state index contributed by atoms with van der Waals surface area (Å²) in [7, 11) is 1.77. The molecule has 5 heteroatoms. The maximum Gasteiger partial charge on any atom is 0.254 e. The average Bonchev–Trinajstić information content (AvgIpc) is 2.36. The molecule has 0 bridgehead atoms. The number of hydrogen-bond acceptors (Lipinski definition) is 2. The Morgan fingerprint density at radius 3 is 2.37 bits per heavy atom. The summed E-state index contributed by atoms with van der Waals surface area (Å²) < 4.78 is 0.928. The molecule has 2 rings (SSSR count). The van der Waals surface area contributed by atoms with Gasteiger partial charge in [-0.2, -0.15) is 0 Å². The van der Waals surface area contributed by atoms with Crippen LogP contribution in [0.15, 0.2) is 28.7 Å². The van der Waals surface area contributed by atoms with Gasteiger partial charge < -0.3 is 9.80 Å². The minimum atomic E-state index is -0.794. The van der Waals surface area contributed by atoms with E-state index in [9.17, 15) is 9.59 Å². The monoisotopic (exact) mass is 324 g/mol. The van der Waals surface area contributed by atoms with Crippen LogP contribution in [-0.2, 0) is 4.79 Å². The Morgan fingerprint density at radius 1 is 1.21 bits per heavy atom. The smallest absolute Gasteiger partial charge is 0.254 e. The van der Waals surface area contributed by atoms with Gasteiger partial charge in [0.15, 0.2) is 0 Å². The average molecular weight is 325 g/mol. The van der Waals surface area contributed by atoms with Gasteiger partial charge in [-0.05, 0) is 38.1 Å². The SMILES string of the molecule is CN1CCN(C(=O)c2ccc(Br)cc2)C(C)(C)C1=O. The highest BCUT2D eigenvalue weighted by molar-refractivity contribution is 9.10. The summed E-state index contributed by atoms with van der Waals surface area (Å²) >= 11 is 3.34. The second-order valence-electron chi connectivity index (χ2n) is 5.25. The maximum atomic E-state index is 12.5. The van der Waals surface area contributed by atoms with Crippen molar-refractivity contribution < 1.29 is 9.59 Å². The maximum absolute atomic E-state index is 12.5. The normalized spacial score (nSPS) is 18.6. The second kappa shape index (κ2) is 4.96. The summed E-state index contributed by atoms with van der Waals surface area (Å²) in [4.78, 5) is 28.0. The minimum absolute atomic E-state index is 0.0239. The summed E-state index contributed by atoms with van der Waals surface area (Å²) in [5.41, 5.74) is -0.189. The molecule has 0 N–H and O–H groups in total. The van der Waals surface area contributed by atoms with Crippen molar-refractivity contribution in [2.45, 2.75) is 19.4 Å². The number of amides is 2. The molecule has 0 unspecified atom stereocenters. The van der Waals surface area contributed by atoms with E-state index in [0.29, 0.717) is 18.7 Å². The van der Waals surface area contributed by atoms with Crippen molar-refractivity contribution in [3.05, 3.63) is 34.3 Å². The van der Waals surface area contributed by atoms with Crippen LogP contribution in [0.25, 0.3) is 0 Å². The van der Waals surface area contributed by atoms with Crippen LogP contribution in [0.5, 0.6) is 0 Å². The molecule has 1 aromatic carbocycles. The summed E-state index contributed by atoms with van der Waals surface area (Å²) in [5, 5.41) is 0. The number of nitrogens with zero attached hydrogens (tertiary/aromatic N) is 2. The Bertz CT molecular complexity index is 511. The number of carbonyl (C=O) groups is 2. The number of carbonyl (C=O) groups excluding carboxylic acids is 2. The first-order chi connectivity index (χ1) is 8.84. The van der Waals surface area contributed by atoms with E-state index in [1.165, 1.54) is 0 Å². The molecule has 0 aromatic heterocycles. The standard InChI is InChI=1S/C14H17BrN2O2/c1-14(2)13(19)16(3)8-9-17(14)12(18)10-4-6-11(15)7-5-10/h4-7H,8-9H2,1-3H3. The Labute approximate surface area is 121 Å². The Kier molecular flexibility index (Phi) is 3.67. The van der Waals surface area contributed by atoms with Crippen LogP contribution in [0.2, 0.25) is 0 Å². The van der Waals surface area contributed by atoms with Crippen molar-refractivity contribution in [3.63, 3.8) is 0 Å². The lowest BCUT2D eigenvalue weighted by molar-refractivity contribution is -0.144. The first-order valence-corrected chi connectivity index (χ1v) is 6.96. The highest BCUT2D eigenvalue weighted by Crippen LogP contribution is 2.24. The van der Waals surface area contributed by atoms with Crippen LogP contribution < -0.4 is 0 Å². The molecule has 2 amide bonds. The number of rotatable bonds is 1. The number of hydrogen-bond donors (Lipinski definition) is 0. The molecule has 1 aromatic rings. The molecule has 102 valence electrons. The van der Waals surface area contributed by atoms with Crippen LogP contribution in [0.3, 0.4) is 0 Å². The van der Waals surface area contributed by atoms with Gasteiger partial charge in [0.1, 0.15) is 5.54 Å². The third kappa shape index (κ3) is 2.52. The van der Waals surface area contributed by atoms with Crippen molar-refractivity contribution in [2.24, 2.45) is 0 Å². The highest BCUT2D eigenvalue weighted by atomic mass is 79.9. The van der Waals surface area contributed by atoms with Crippen LogP contribution in [-0.4, -0.2) is 47.3 Å². The Morgan fingerprint density at radius 2 is 1.79 bits per heavy atom. The van der Waals surface area contributed by atoms with E-state index < -0.39 is 5.54 Å². The largest absolute Gasteiger partial charge is 0.342 e. The molecule has 0 aliphatic carbocycles. The third-order valence-corrected chi connectivity index (χ3v) is 4.07. The molecule has 1 heterocycles. The van der Waals surface area contributed by atoms with Crippen LogP contribution >= 0.6 is 15.9 Å². The fourth-order valence-corrected chi connectivity index (χ4v) is 2.58. The predicted molar refractivity (Wildman–Crippen MR) is 76.9 cm³/mol. The first kappa shape index (κ1) is 14.1. The van der Waals surface area contributed by atoms with E-state index in [2.05, 4.69) is 15.9 Å². The van der Waals surface area contributed by atoms with Gasteiger partial charge in [0.05, 0.1) is 0 Å². The number of halogens is 1. The zero-order valence-corrected chi connectivity index (χ0v) is 12.9. The molecule has 4 nitrogen and oxygen atoms in total. The summed E-state index contributed by atoms with van der Waals surface area (Å²) in [6.45, 7) is 4.72. The zero-order chi connectivity index (χ0) is 14.2. The minimum Gasteiger partial charge on any atom is -0.342 e. The molecular formula is C14H17BrN2O2. The zero-order valence-electron chi connectivity index (χ0n) is 11.3. The van der Waals surface area contributed by atoms with Gasteiger partial charge in [0, 0.05) is 30.2 Å². The van der Waals surface area contributed by atoms with E-state index in [4.69, 9.17) is 0 Å². The number of likely N-dealkylation sites (N-methyl/N-ethyl adjacent to an activating group) is 1. The molecule has 1 aliphatic heterocycles. The topological polar surface area (TPSA) is 40.6 Å². The van der Waals surface area contributed by atoms with Crippen molar-refractivity contribution in [2.75, 3.05) is 20.1 Å². The van der Waals surface area contributed by atoms with Crippen LogP contribution in [0, 0.1) is 0 Å². The Hall–Kier alpha value is -1.36. The quantitative estimate of drug-likeness (QED) is 0.794. The molecule has 0 atom stereocenters.